The topological polar surface area (TPSA) is 118 Å². The van der Waals surface area contributed by atoms with E-state index in [0.717, 1.165) is 0 Å². The van der Waals surface area contributed by atoms with Crippen LogP contribution in [-0.2, 0) is 18.3 Å². The van der Waals surface area contributed by atoms with Gasteiger partial charge in [-0.3, -0.25) is 14.5 Å². The third-order valence-electron chi connectivity index (χ3n) is 5.88. The molecular weight excluding hydrogens is 417 g/mol. The number of rotatable bonds is 5. The summed E-state index contributed by atoms with van der Waals surface area (Å²) in [5.41, 5.74) is 0.587. The number of nitrogens with one attached hydrogen (secondary N) is 2. The van der Waals surface area contributed by atoms with Gasteiger partial charge in [-0.05, 0) is 18.6 Å². The number of imidazole rings is 1. The van der Waals surface area contributed by atoms with Gasteiger partial charge in [-0.15, -0.1) is 10.2 Å². The largest absolute Gasteiger partial charge is 0.421 e. The molecule has 3 aromatic rings. The minimum Gasteiger partial charge on any atom is -0.421 e. The van der Waals surface area contributed by atoms with E-state index in [2.05, 4.69) is 30.7 Å². The molecule has 5 rings (SSSR count). The van der Waals surface area contributed by atoms with Gasteiger partial charge >= 0.3 is 0 Å². The summed E-state index contributed by atoms with van der Waals surface area (Å²) in [5.74, 6) is -0.272. The molecular formula is C21H22FN7O3. The highest BCUT2D eigenvalue weighted by Gasteiger charge is 2.44. The molecule has 32 heavy (non-hydrogen) atoms. The molecule has 2 aromatic heterocycles. The number of nitrogens with zero attached hydrogens (tertiary/aromatic N) is 5. The fourth-order valence-electron chi connectivity index (χ4n) is 4.34. The number of hydrogen-bond donors (Lipinski definition) is 2. The molecule has 2 saturated heterocycles. The molecule has 1 aromatic carbocycles. The van der Waals surface area contributed by atoms with Crippen LogP contribution in [-0.4, -0.2) is 67.7 Å². The first kappa shape index (κ1) is 20.3. The maximum atomic E-state index is 14.0. The normalized spacial score (nSPS) is 23.1. The molecule has 166 valence electrons. The minimum atomic E-state index is -0.432. The van der Waals surface area contributed by atoms with Gasteiger partial charge in [0, 0.05) is 44.8 Å². The zero-order chi connectivity index (χ0) is 22.2. The highest BCUT2D eigenvalue weighted by atomic mass is 19.1. The number of aryl methyl sites for hydroxylation is 1. The molecule has 11 heteroatoms. The Bertz CT molecular complexity index is 1160. The Morgan fingerprint density at radius 2 is 2.19 bits per heavy atom. The number of hydrogen-bond acceptors (Lipinski definition) is 7. The lowest BCUT2D eigenvalue weighted by molar-refractivity contribution is -0.129. The molecule has 2 aliphatic rings. The lowest BCUT2D eigenvalue weighted by Gasteiger charge is -2.36. The fourth-order valence-corrected chi connectivity index (χ4v) is 4.34. The third kappa shape index (κ3) is 3.86. The molecule has 10 nitrogen and oxygen atoms in total. The summed E-state index contributed by atoms with van der Waals surface area (Å²) in [6.45, 7) is 0.948. The summed E-state index contributed by atoms with van der Waals surface area (Å²) in [7, 11) is 1.80. The molecule has 0 spiro atoms. The molecule has 2 aliphatic heterocycles. The van der Waals surface area contributed by atoms with Gasteiger partial charge in [0.1, 0.15) is 11.5 Å². The summed E-state index contributed by atoms with van der Waals surface area (Å²) in [5, 5.41) is 13.9. The molecule has 0 saturated carbocycles. The number of carbonyl (C=O) groups is 2. The van der Waals surface area contributed by atoms with Gasteiger partial charge in [-0.1, -0.05) is 12.1 Å². The molecule has 0 aliphatic carbocycles. The zero-order valence-electron chi connectivity index (χ0n) is 17.4. The van der Waals surface area contributed by atoms with Crippen molar-refractivity contribution in [1.29, 1.82) is 0 Å². The number of carbonyl (C=O) groups excluding carboxylic acids is 2. The fraction of sp³-hybridized carbons (Fsp3) is 0.381. The van der Waals surface area contributed by atoms with Gasteiger partial charge in [-0.25, -0.2) is 9.37 Å². The number of piperazine rings is 1. The van der Waals surface area contributed by atoms with Crippen LogP contribution < -0.4 is 10.6 Å². The van der Waals surface area contributed by atoms with Gasteiger partial charge in [0.25, 0.3) is 11.8 Å². The Hall–Kier alpha value is -3.60. The predicted octanol–water partition coefficient (Wildman–Crippen LogP) is 0.523. The number of fused-ring (bicyclic) bond motifs is 1. The van der Waals surface area contributed by atoms with Crippen molar-refractivity contribution in [1.82, 2.24) is 35.3 Å². The number of benzene rings is 1. The van der Waals surface area contributed by atoms with Gasteiger partial charge < -0.3 is 19.6 Å². The van der Waals surface area contributed by atoms with Crippen molar-refractivity contribution in [3.8, 4) is 11.5 Å². The van der Waals surface area contributed by atoms with Crippen LogP contribution in [0.25, 0.3) is 11.5 Å². The summed E-state index contributed by atoms with van der Waals surface area (Å²) in [6.07, 6.45) is 4.12. The van der Waals surface area contributed by atoms with Gasteiger partial charge in [0.05, 0.1) is 17.9 Å². The lowest BCUT2D eigenvalue weighted by atomic mass is 10.1. The van der Waals surface area contributed by atoms with E-state index in [1.165, 1.54) is 6.07 Å². The Morgan fingerprint density at radius 1 is 1.34 bits per heavy atom. The SMILES string of the molecule is Cn1cnc(C(=O)N[C@H]2C[C@H]3C(=O)NC[C@@H](Cc4nnc(-c5ccccc5F)o4)N3C2)c1. The van der Waals surface area contributed by atoms with E-state index >= 15 is 0 Å². The average Bonchev–Trinajstić information content (AvgIpc) is 3.51. The van der Waals surface area contributed by atoms with Crippen molar-refractivity contribution in [3.63, 3.8) is 0 Å². The van der Waals surface area contributed by atoms with Crippen molar-refractivity contribution in [2.45, 2.75) is 31.0 Å². The summed E-state index contributed by atoms with van der Waals surface area (Å²) in [4.78, 5) is 31.0. The third-order valence-corrected chi connectivity index (χ3v) is 5.88. The first-order valence-corrected chi connectivity index (χ1v) is 10.4. The predicted molar refractivity (Wildman–Crippen MR) is 110 cm³/mol. The van der Waals surface area contributed by atoms with Crippen LogP contribution in [0.4, 0.5) is 4.39 Å². The first-order valence-electron chi connectivity index (χ1n) is 10.4. The zero-order valence-corrected chi connectivity index (χ0v) is 17.4. The molecule has 2 N–H and O–H groups in total. The van der Waals surface area contributed by atoms with Gasteiger partial charge in [0.2, 0.25) is 11.8 Å². The first-order chi connectivity index (χ1) is 15.5. The number of amides is 2. The van der Waals surface area contributed by atoms with Crippen LogP contribution in [0.5, 0.6) is 0 Å². The smallest absolute Gasteiger partial charge is 0.271 e. The number of aromatic nitrogens is 4. The molecule has 0 unspecified atom stereocenters. The molecule has 0 radical (unpaired) electrons. The van der Waals surface area contributed by atoms with E-state index < -0.39 is 5.82 Å². The van der Waals surface area contributed by atoms with Gasteiger partial charge in [0.15, 0.2) is 0 Å². The second-order valence-electron chi connectivity index (χ2n) is 8.13. The van der Waals surface area contributed by atoms with Crippen LogP contribution in [0.3, 0.4) is 0 Å². The van der Waals surface area contributed by atoms with Crippen LogP contribution in [0.2, 0.25) is 0 Å². The summed E-state index contributed by atoms with van der Waals surface area (Å²) >= 11 is 0. The maximum Gasteiger partial charge on any atom is 0.271 e. The van der Waals surface area contributed by atoms with Crippen molar-refractivity contribution in [3.05, 3.63) is 54.2 Å². The number of halogens is 1. The highest BCUT2D eigenvalue weighted by Crippen LogP contribution is 2.27. The molecule has 0 bridgehead atoms. The van der Waals surface area contributed by atoms with Gasteiger partial charge in [-0.2, -0.15) is 0 Å². The summed E-state index contributed by atoms with van der Waals surface area (Å²) in [6, 6.07) is 5.60. The Morgan fingerprint density at radius 3 is 2.97 bits per heavy atom. The van der Waals surface area contributed by atoms with E-state index in [1.807, 2.05) is 0 Å². The van der Waals surface area contributed by atoms with E-state index in [9.17, 15) is 14.0 Å². The van der Waals surface area contributed by atoms with Crippen LogP contribution in [0.1, 0.15) is 22.8 Å². The van der Waals surface area contributed by atoms with Crippen molar-refractivity contribution in [2.24, 2.45) is 7.05 Å². The Kier molecular flexibility index (Phi) is 5.17. The minimum absolute atomic E-state index is 0.0617. The Balaban J connectivity index is 1.27. The lowest BCUT2D eigenvalue weighted by Crippen LogP contribution is -2.58. The maximum absolute atomic E-state index is 14.0. The highest BCUT2D eigenvalue weighted by molar-refractivity contribution is 5.92. The molecule has 2 fully saturated rings. The van der Waals surface area contributed by atoms with Crippen LogP contribution in [0, 0.1) is 5.82 Å². The molecule has 4 heterocycles. The van der Waals surface area contributed by atoms with Crippen molar-refractivity contribution in [2.75, 3.05) is 13.1 Å². The van der Waals surface area contributed by atoms with E-state index in [1.54, 1.807) is 42.3 Å². The second-order valence-corrected chi connectivity index (χ2v) is 8.13. The molecule has 3 atom stereocenters. The second kappa shape index (κ2) is 8.15. The van der Waals surface area contributed by atoms with Crippen molar-refractivity contribution < 1.29 is 18.4 Å². The molecule has 2 amide bonds. The van der Waals surface area contributed by atoms with Crippen LogP contribution in [0.15, 0.2) is 41.2 Å². The quantitative estimate of drug-likeness (QED) is 0.595. The van der Waals surface area contributed by atoms with E-state index in [0.29, 0.717) is 37.5 Å². The average molecular weight is 439 g/mol. The van der Waals surface area contributed by atoms with E-state index in [4.69, 9.17) is 4.42 Å². The monoisotopic (exact) mass is 439 g/mol. The van der Waals surface area contributed by atoms with Crippen molar-refractivity contribution >= 4 is 11.8 Å². The van der Waals surface area contributed by atoms with Crippen LogP contribution >= 0.6 is 0 Å². The summed E-state index contributed by atoms with van der Waals surface area (Å²) < 4.78 is 21.4. The standard InChI is InChI=1S/C21H22FN7O3/c1-28-10-16(24-11-28)19(30)25-12-6-17-20(31)23-8-13(29(17)9-12)7-18-26-27-21(32-18)14-4-2-3-5-15(14)22/h2-5,10-13,17H,6-9H2,1H3,(H,23,31)(H,25,30)/t12-,13+,17-/m0/s1. The Labute approximate surface area is 182 Å². The van der Waals surface area contributed by atoms with E-state index in [-0.39, 0.29) is 41.4 Å².